The van der Waals surface area contributed by atoms with E-state index in [4.69, 9.17) is 0 Å². The maximum absolute atomic E-state index is 12.8. The Hall–Kier alpha value is -1.79. The van der Waals surface area contributed by atoms with Crippen molar-refractivity contribution in [1.82, 2.24) is 4.90 Å². The molecule has 1 unspecified atom stereocenters. The fourth-order valence-electron chi connectivity index (χ4n) is 2.96. The lowest BCUT2D eigenvalue weighted by Gasteiger charge is -2.18. The standard InChI is InChI=1S/C18H19NO3S2/c1-23-17-10-6-5-9-16(17)18(20)19-12-11-15(13-19)24(21,22)14-7-3-2-4-8-14/h2-10,15H,11-13H2,1H3. The molecule has 1 heterocycles. The average molecular weight is 361 g/mol. The molecule has 0 N–H and O–H groups in total. The topological polar surface area (TPSA) is 54.5 Å². The van der Waals surface area contributed by atoms with Gasteiger partial charge in [0.2, 0.25) is 0 Å². The van der Waals surface area contributed by atoms with Gasteiger partial charge in [-0.25, -0.2) is 8.42 Å². The van der Waals surface area contributed by atoms with Crippen LogP contribution < -0.4 is 0 Å². The van der Waals surface area contributed by atoms with E-state index >= 15 is 0 Å². The largest absolute Gasteiger partial charge is 0.337 e. The van der Waals surface area contributed by atoms with E-state index in [1.54, 1.807) is 41.3 Å². The molecular formula is C18H19NO3S2. The summed E-state index contributed by atoms with van der Waals surface area (Å²) in [4.78, 5) is 15.6. The third-order valence-electron chi connectivity index (χ3n) is 4.28. The smallest absolute Gasteiger partial charge is 0.255 e. The van der Waals surface area contributed by atoms with Crippen LogP contribution in [0.3, 0.4) is 0 Å². The lowest BCUT2D eigenvalue weighted by Crippen LogP contribution is -2.32. The SMILES string of the molecule is CSc1ccccc1C(=O)N1CCC(S(=O)(=O)c2ccccc2)C1. The highest BCUT2D eigenvalue weighted by Gasteiger charge is 2.36. The van der Waals surface area contributed by atoms with Crippen LogP contribution in [0.1, 0.15) is 16.8 Å². The second-order valence-corrected chi connectivity index (χ2v) is 8.80. The Morgan fingerprint density at radius 1 is 1.08 bits per heavy atom. The van der Waals surface area contributed by atoms with Crippen molar-refractivity contribution < 1.29 is 13.2 Å². The molecular weight excluding hydrogens is 342 g/mol. The number of amides is 1. The van der Waals surface area contributed by atoms with Crippen LogP contribution in [0, 0.1) is 0 Å². The molecule has 0 aliphatic carbocycles. The van der Waals surface area contributed by atoms with Gasteiger partial charge < -0.3 is 4.90 Å². The van der Waals surface area contributed by atoms with E-state index < -0.39 is 15.1 Å². The summed E-state index contributed by atoms with van der Waals surface area (Å²) >= 11 is 1.52. The Bertz CT molecular complexity index is 834. The first-order valence-electron chi connectivity index (χ1n) is 7.75. The average Bonchev–Trinajstić information content (AvgIpc) is 3.13. The van der Waals surface area contributed by atoms with Crippen molar-refractivity contribution in [3.8, 4) is 0 Å². The molecule has 6 heteroatoms. The highest BCUT2D eigenvalue weighted by Crippen LogP contribution is 2.27. The quantitative estimate of drug-likeness (QED) is 0.785. The number of hydrogen-bond acceptors (Lipinski definition) is 4. The molecule has 0 aromatic heterocycles. The lowest BCUT2D eigenvalue weighted by molar-refractivity contribution is 0.0790. The number of rotatable bonds is 4. The second-order valence-electron chi connectivity index (χ2n) is 5.72. The summed E-state index contributed by atoms with van der Waals surface area (Å²) in [7, 11) is -3.40. The van der Waals surface area contributed by atoms with Gasteiger partial charge in [-0.05, 0) is 36.9 Å². The van der Waals surface area contributed by atoms with Gasteiger partial charge in [-0.15, -0.1) is 11.8 Å². The van der Waals surface area contributed by atoms with Crippen molar-refractivity contribution in [3.63, 3.8) is 0 Å². The first-order chi connectivity index (χ1) is 11.5. The number of likely N-dealkylation sites (tertiary alicyclic amines) is 1. The molecule has 24 heavy (non-hydrogen) atoms. The van der Waals surface area contributed by atoms with Gasteiger partial charge >= 0.3 is 0 Å². The number of hydrogen-bond donors (Lipinski definition) is 0. The summed E-state index contributed by atoms with van der Waals surface area (Å²) in [6.45, 7) is 0.719. The van der Waals surface area contributed by atoms with Crippen LogP contribution in [0.15, 0.2) is 64.4 Å². The van der Waals surface area contributed by atoms with E-state index in [2.05, 4.69) is 0 Å². The summed E-state index contributed by atoms with van der Waals surface area (Å²) in [5.74, 6) is -0.0919. The van der Waals surface area contributed by atoms with Crippen LogP contribution in [0.25, 0.3) is 0 Å². The zero-order chi connectivity index (χ0) is 17.2. The van der Waals surface area contributed by atoms with Crippen molar-refractivity contribution in [2.45, 2.75) is 21.5 Å². The zero-order valence-electron chi connectivity index (χ0n) is 13.4. The van der Waals surface area contributed by atoms with E-state index in [1.807, 2.05) is 24.5 Å². The summed E-state index contributed by atoms with van der Waals surface area (Å²) in [5.41, 5.74) is 0.641. The Labute approximate surface area is 146 Å². The van der Waals surface area contributed by atoms with Gasteiger partial charge in [0.05, 0.1) is 15.7 Å². The normalized spacial score (nSPS) is 17.9. The van der Waals surface area contributed by atoms with Gasteiger partial charge in [0.25, 0.3) is 5.91 Å². The minimum absolute atomic E-state index is 0.0919. The molecule has 1 amide bonds. The fourth-order valence-corrected chi connectivity index (χ4v) is 5.26. The van der Waals surface area contributed by atoms with Gasteiger partial charge in [-0.3, -0.25) is 4.79 Å². The van der Waals surface area contributed by atoms with Gasteiger partial charge in [-0.2, -0.15) is 0 Å². The van der Waals surface area contributed by atoms with Gasteiger partial charge in [0.15, 0.2) is 9.84 Å². The van der Waals surface area contributed by atoms with Crippen LogP contribution in [-0.2, 0) is 9.84 Å². The molecule has 4 nitrogen and oxygen atoms in total. The van der Waals surface area contributed by atoms with Crippen molar-refractivity contribution in [1.29, 1.82) is 0 Å². The molecule has 2 aromatic rings. The minimum Gasteiger partial charge on any atom is -0.337 e. The highest BCUT2D eigenvalue weighted by atomic mass is 32.2. The van der Waals surface area contributed by atoms with Crippen LogP contribution in [-0.4, -0.2) is 43.8 Å². The molecule has 1 aliphatic heterocycles. The highest BCUT2D eigenvalue weighted by molar-refractivity contribution is 7.98. The predicted octanol–water partition coefficient (Wildman–Crippen LogP) is 3.10. The van der Waals surface area contributed by atoms with Crippen molar-refractivity contribution in [2.75, 3.05) is 19.3 Å². The molecule has 1 atom stereocenters. The van der Waals surface area contributed by atoms with E-state index in [9.17, 15) is 13.2 Å². The number of thioether (sulfide) groups is 1. The van der Waals surface area contributed by atoms with Crippen LogP contribution in [0.4, 0.5) is 0 Å². The number of carbonyl (C=O) groups is 1. The summed E-state index contributed by atoms with van der Waals surface area (Å²) < 4.78 is 25.4. The number of carbonyl (C=O) groups excluding carboxylic acids is 1. The third kappa shape index (κ3) is 3.21. The van der Waals surface area contributed by atoms with Gasteiger partial charge in [0, 0.05) is 18.0 Å². The number of sulfone groups is 1. The molecule has 0 saturated carbocycles. The van der Waals surface area contributed by atoms with Crippen LogP contribution in [0.2, 0.25) is 0 Å². The maximum atomic E-state index is 12.8. The van der Waals surface area contributed by atoms with Crippen molar-refractivity contribution in [3.05, 3.63) is 60.2 Å². The van der Waals surface area contributed by atoms with E-state index in [-0.39, 0.29) is 12.5 Å². The molecule has 1 saturated heterocycles. The first-order valence-corrected chi connectivity index (χ1v) is 10.5. The molecule has 0 spiro atoms. The van der Waals surface area contributed by atoms with E-state index in [0.717, 1.165) is 4.90 Å². The summed E-state index contributed by atoms with van der Waals surface area (Å²) in [5, 5.41) is -0.537. The van der Waals surface area contributed by atoms with E-state index in [1.165, 1.54) is 11.8 Å². The van der Waals surface area contributed by atoms with Gasteiger partial charge in [-0.1, -0.05) is 30.3 Å². The summed E-state index contributed by atoms with van der Waals surface area (Å²) in [6, 6.07) is 15.9. The van der Waals surface area contributed by atoms with Crippen LogP contribution >= 0.6 is 11.8 Å². The minimum atomic E-state index is -3.40. The summed E-state index contributed by atoms with van der Waals surface area (Å²) in [6.07, 6.45) is 2.41. The van der Waals surface area contributed by atoms with Gasteiger partial charge in [0.1, 0.15) is 0 Å². The maximum Gasteiger partial charge on any atom is 0.255 e. The molecule has 0 radical (unpaired) electrons. The molecule has 1 fully saturated rings. The molecule has 2 aromatic carbocycles. The zero-order valence-corrected chi connectivity index (χ0v) is 15.0. The van der Waals surface area contributed by atoms with Crippen LogP contribution in [0.5, 0.6) is 0 Å². The Morgan fingerprint density at radius 3 is 2.46 bits per heavy atom. The third-order valence-corrected chi connectivity index (χ3v) is 7.27. The van der Waals surface area contributed by atoms with E-state index in [0.29, 0.717) is 23.4 Å². The molecule has 0 bridgehead atoms. The molecule has 126 valence electrons. The Kier molecular flexibility index (Phi) is 4.96. The first kappa shape index (κ1) is 17.0. The van der Waals surface area contributed by atoms with Crippen molar-refractivity contribution in [2.24, 2.45) is 0 Å². The Morgan fingerprint density at radius 2 is 1.75 bits per heavy atom. The second kappa shape index (κ2) is 6.99. The Balaban J connectivity index is 1.79. The molecule has 1 aliphatic rings. The number of nitrogens with zero attached hydrogens (tertiary/aromatic N) is 1. The monoisotopic (exact) mass is 361 g/mol. The molecule has 3 rings (SSSR count). The fraction of sp³-hybridized carbons (Fsp3) is 0.278. The lowest BCUT2D eigenvalue weighted by atomic mass is 10.2. The number of benzene rings is 2. The predicted molar refractivity (Wildman–Crippen MR) is 96.2 cm³/mol. The van der Waals surface area contributed by atoms with Crippen molar-refractivity contribution >= 4 is 27.5 Å².